The molecule has 4 heteroatoms. The molecule has 0 N–H and O–H groups in total. The molecule has 4 atom stereocenters. The van der Waals surface area contributed by atoms with Gasteiger partial charge < -0.3 is 4.74 Å². The Morgan fingerprint density at radius 3 is 2.60 bits per heavy atom. The topological polar surface area (TPSA) is 35.5 Å². The van der Waals surface area contributed by atoms with Gasteiger partial charge >= 0.3 is 0 Å². The summed E-state index contributed by atoms with van der Waals surface area (Å²) in [5.74, 6) is 2.23. The summed E-state index contributed by atoms with van der Waals surface area (Å²) in [6, 6.07) is 11.8. The van der Waals surface area contributed by atoms with Gasteiger partial charge in [-0.3, -0.25) is 4.18 Å². The number of hydrogen-bond donors (Lipinski definition) is 0. The first-order chi connectivity index (χ1) is 12.0. The third-order valence-corrected chi connectivity index (χ3v) is 6.58. The van der Waals surface area contributed by atoms with Crippen LogP contribution in [0.4, 0.5) is 0 Å². The molecule has 1 unspecified atom stereocenters. The van der Waals surface area contributed by atoms with E-state index in [1.54, 1.807) is 7.11 Å². The minimum Gasteiger partial charge on any atom is -0.495 e. The minimum absolute atomic E-state index is 0.0354. The lowest BCUT2D eigenvalue weighted by Crippen LogP contribution is -2.34. The lowest BCUT2D eigenvalue weighted by Gasteiger charge is -2.36. The zero-order valence-electron chi connectivity index (χ0n) is 15.5. The number of hydrogen-bond acceptors (Lipinski definition) is 3. The van der Waals surface area contributed by atoms with Crippen LogP contribution in [0.1, 0.15) is 40.0 Å². The summed E-state index contributed by atoms with van der Waals surface area (Å²) in [7, 11) is 1.62. The maximum absolute atomic E-state index is 13.2. The molecular formula is C21H28O3S. The van der Waals surface area contributed by atoms with Crippen molar-refractivity contribution in [1.29, 1.82) is 0 Å². The fourth-order valence-corrected chi connectivity index (χ4v) is 5.16. The molecule has 1 aliphatic carbocycles. The molecule has 0 heterocycles. The molecule has 1 fully saturated rings. The van der Waals surface area contributed by atoms with Crippen LogP contribution in [0.5, 0.6) is 5.75 Å². The lowest BCUT2D eigenvalue weighted by atomic mass is 9.75. The predicted molar refractivity (Wildman–Crippen MR) is 103 cm³/mol. The second kappa shape index (κ2) is 7.88. The molecule has 0 saturated heterocycles. The van der Waals surface area contributed by atoms with Gasteiger partial charge in [0.15, 0.2) is 11.1 Å². The second-order valence-corrected chi connectivity index (χ2v) is 8.58. The van der Waals surface area contributed by atoms with Gasteiger partial charge in [0.2, 0.25) is 0 Å². The van der Waals surface area contributed by atoms with Gasteiger partial charge in [-0.1, -0.05) is 57.5 Å². The maximum atomic E-state index is 13.2. The van der Waals surface area contributed by atoms with Crippen LogP contribution < -0.4 is 4.74 Å². The Bertz CT molecular complexity index is 756. The van der Waals surface area contributed by atoms with Crippen molar-refractivity contribution >= 4 is 21.9 Å². The Kier molecular flexibility index (Phi) is 5.80. The Morgan fingerprint density at radius 2 is 1.88 bits per heavy atom. The van der Waals surface area contributed by atoms with E-state index in [4.69, 9.17) is 8.92 Å². The minimum atomic E-state index is -1.54. The monoisotopic (exact) mass is 360 g/mol. The average Bonchev–Trinajstić information content (AvgIpc) is 2.60. The second-order valence-electron chi connectivity index (χ2n) is 7.51. The van der Waals surface area contributed by atoms with Crippen molar-refractivity contribution in [3.8, 4) is 5.75 Å². The van der Waals surface area contributed by atoms with Gasteiger partial charge in [-0.05, 0) is 42.0 Å². The number of rotatable bonds is 5. The summed E-state index contributed by atoms with van der Waals surface area (Å²) in [5, 5.41) is 1.98. The van der Waals surface area contributed by atoms with E-state index in [0.717, 1.165) is 23.6 Å². The molecule has 3 rings (SSSR count). The van der Waals surface area contributed by atoms with Crippen molar-refractivity contribution in [1.82, 2.24) is 0 Å². The Morgan fingerprint density at radius 1 is 1.12 bits per heavy atom. The quantitative estimate of drug-likeness (QED) is 0.721. The molecule has 0 aromatic heterocycles. The molecule has 0 aliphatic heterocycles. The molecule has 0 radical (unpaired) electrons. The predicted octanol–water partition coefficient (Wildman–Crippen LogP) is 5.35. The normalized spacial score (nSPS) is 25.2. The van der Waals surface area contributed by atoms with Crippen molar-refractivity contribution < 1.29 is 13.1 Å². The van der Waals surface area contributed by atoms with Crippen molar-refractivity contribution in [2.45, 2.75) is 51.0 Å². The third-order valence-electron chi connectivity index (χ3n) is 5.40. The molecule has 136 valence electrons. The van der Waals surface area contributed by atoms with E-state index in [2.05, 4.69) is 20.8 Å². The highest BCUT2D eigenvalue weighted by Gasteiger charge is 2.33. The van der Waals surface area contributed by atoms with Crippen LogP contribution in [-0.4, -0.2) is 17.4 Å². The fraction of sp³-hybridized carbons (Fsp3) is 0.524. The first-order valence-corrected chi connectivity index (χ1v) is 10.2. The summed E-state index contributed by atoms with van der Waals surface area (Å²) in [4.78, 5) is 0.654. The smallest absolute Gasteiger partial charge is 0.193 e. The largest absolute Gasteiger partial charge is 0.495 e. The molecule has 1 saturated carbocycles. The first-order valence-electron chi connectivity index (χ1n) is 9.16. The van der Waals surface area contributed by atoms with E-state index < -0.39 is 11.1 Å². The molecule has 2 aromatic carbocycles. The molecule has 0 bridgehead atoms. The molecule has 25 heavy (non-hydrogen) atoms. The average molecular weight is 361 g/mol. The molecule has 0 amide bonds. The highest BCUT2D eigenvalue weighted by Crippen LogP contribution is 2.38. The van der Waals surface area contributed by atoms with Crippen molar-refractivity contribution in [3.63, 3.8) is 0 Å². The van der Waals surface area contributed by atoms with Gasteiger partial charge in [0.1, 0.15) is 10.6 Å². The fourth-order valence-electron chi connectivity index (χ4n) is 3.94. The summed E-state index contributed by atoms with van der Waals surface area (Å²) in [5.41, 5.74) is 0. The van der Waals surface area contributed by atoms with Crippen LogP contribution in [0.25, 0.3) is 10.8 Å². The standard InChI is InChI=1S/C21H28O3S/c1-14(2)17-11-9-15(3)13-20(17)24-25(22)21-18-8-6-5-7-16(18)10-12-19(21)23-4/h5-8,10,12,14-15,17,20H,9,11,13H2,1-4H3/t15-,17+,20-,25?/m1/s1. The van der Waals surface area contributed by atoms with E-state index in [-0.39, 0.29) is 6.10 Å². The van der Waals surface area contributed by atoms with Gasteiger partial charge in [0, 0.05) is 5.39 Å². The van der Waals surface area contributed by atoms with Crippen LogP contribution in [0.15, 0.2) is 41.3 Å². The van der Waals surface area contributed by atoms with Crippen LogP contribution in [0.2, 0.25) is 0 Å². The number of ether oxygens (including phenoxy) is 1. The van der Waals surface area contributed by atoms with E-state index in [9.17, 15) is 4.21 Å². The van der Waals surface area contributed by atoms with Crippen molar-refractivity contribution in [3.05, 3.63) is 36.4 Å². The zero-order chi connectivity index (χ0) is 18.0. The Balaban J connectivity index is 1.93. The summed E-state index contributed by atoms with van der Waals surface area (Å²) in [6.07, 6.45) is 3.38. The van der Waals surface area contributed by atoms with Crippen LogP contribution in [0, 0.1) is 17.8 Å². The summed E-state index contributed by atoms with van der Waals surface area (Å²) in [6.45, 7) is 6.73. The zero-order valence-corrected chi connectivity index (χ0v) is 16.3. The first kappa shape index (κ1) is 18.4. The Hall–Kier alpha value is -1.39. The molecule has 0 spiro atoms. The van der Waals surface area contributed by atoms with Gasteiger partial charge in [0.05, 0.1) is 13.2 Å². The van der Waals surface area contributed by atoms with Crippen molar-refractivity contribution in [2.75, 3.05) is 7.11 Å². The Labute approximate surface area is 153 Å². The van der Waals surface area contributed by atoms with Crippen LogP contribution in [0.3, 0.4) is 0 Å². The number of fused-ring (bicyclic) bond motifs is 1. The third kappa shape index (κ3) is 3.90. The number of benzene rings is 2. The van der Waals surface area contributed by atoms with E-state index in [1.165, 1.54) is 6.42 Å². The molecule has 1 aliphatic rings. The maximum Gasteiger partial charge on any atom is 0.193 e. The van der Waals surface area contributed by atoms with E-state index in [0.29, 0.717) is 28.4 Å². The van der Waals surface area contributed by atoms with Gasteiger partial charge in [-0.25, -0.2) is 4.21 Å². The van der Waals surface area contributed by atoms with Gasteiger partial charge in [-0.15, -0.1) is 0 Å². The van der Waals surface area contributed by atoms with Crippen LogP contribution in [-0.2, 0) is 15.3 Å². The highest BCUT2D eigenvalue weighted by molar-refractivity contribution is 7.80. The SMILES string of the molecule is COc1ccc2ccccc2c1S(=O)O[C@@H]1C[C@H](C)CC[C@H]1C(C)C. The van der Waals surface area contributed by atoms with Crippen molar-refractivity contribution in [2.24, 2.45) is 17.8 Å². The summed E-state index contributed by atoms with van der Waals surface area (Å²) >= 11 is -1.54. The molecular weight excluding hydrogens is 332 g/mol. The van der Waals surface area contributed by atoms with E-state index in [1.807, 2.05) is 36.4 Å². The van der Waals surface area contributed by atoms with Gasteiger partial charge in [0.25, 0.3) is 0 Å². The molecule has 2 aromatic rings. The van der Waals surface area contributed by atoms with Crippen LogP contribution >= 0.6 is 0 Å². The number of methoxy groups -OCH3 is 1. The molecule has 3 nitrogen and oxygen atoms in total. The van der Waals surface area contributed by atoms with Gasteiger partial charge in [-0.2, -0.15) is 0 Å². The lowest BCUT2D eigenvalue weighted by molar-refractivity contribution is 0.0566. The highest BCUT2D eigenvalue weighted by atomic mass is 32.2. The summed E-state index contributed by atoms with van der Waals surface area (Å²) < 4.78 is 24.8. The van der Waals surface area contributed by atoms with E-state index >= 15 is 0 Å².